The Morgan fingerprint density at radius 3 is 2.39 bits per heavy atom. The fraction of sp³-hybridized carbons (Fsp3) is 0.185. The van der Waals surface area contributed by atoms with Crippen molar-refractivity contribution >= 4 is 62.9 Å². The van der Waals surface area contributed by atoms with Crippen LogP contribution in [0.3, 0.4) is 0 Å². The normalized spacial score (nSPS) is 15.0. The maximum Gasteiger partial charge on any atom is 0.269 e. The van der Waals surface area contributed by atoms with Crippen LogP contribution in [0.1, 0.15) is 25.0 Å². The number of carbonyl (C=O) groups is 1. The van der Waals surface area contributed by atoms with E-state index in [4.69, 9.17) is 14.2 Å². The van der Waals surface area contributed by atoms with Gasteiger partial charge in [0.2, 0.25) is 0 Å². The first-order valence-electron chi connectivity index (χ1n) is 11.7. The average Bonchev–Trinajstić information content (AvgIpc) is 3.23. The summed E-state index contributed by atoms with van der Waals surface area (Å²) in [6.45, 7) is 5.04. The number of amides is 1. The predicted octanol–water partition coefficient (Wildman–Crippen LogP) is 6.47. The number of carbonyl (C=O) groups excluding carboxylic acids is 1. The summed E-state index contributed by atoms with van der Waals surface area (Å²) in [4.78, 5) is 28.1. The Bertz CT molecular complexity index is 1390. The number of rotatable bonds is 10. The molecule has 1 heterocycles. The van der Waals surface area contributed by atoms with Gasteiger partial charge in [0.15, 0.2) is 16.7 Å². The molecule has 1 aliphatic heterocycles. The Morgan fingerprint density at radius 2 is 1.74 bits per heavy atom. The number of nitrogens with one attached hydrogen (secondary N) is 1. The van der Waals surface area contributed by atoms with Gasteiger partial charge in [0, 0.05) is 12.1 Å². The van der Waals surface area contributed by atoms with Gasteiger partial charge in [0.1, 0.15) is 12.4 Å². The van der Waals surface area contributed by atoms with Gasteiger partial charge in [-0.05, 0) is 114 Å². The highest BCUT2D eigenvalue weighted by molar-refractivity contribution is 14.1. The van der Waals surface area contributed by atoms with Crippen LogP contribution in [0, 0.1) is 13.7 Å². The maximum atomic E-state index is 12.6. The zero-order valence-electron chi connectivity index (χ0n) is 20.6. The van der Waals surface area contributed by atoms with E-state index in [-0.39, 0.29) is 18.2 Å². The smallest absolute Gasteiger partial charge is 0.269 e. The van der Waals surface area contributed by atoms with E-state index in [9.17, 15) is 14.9 Å². The van der Waals surface area contributed by atoms with Crippen molar-refractivity contribution in [3.05, 3.63) is 90.4 Å². The lowest BCUT2D eigenvalue weighted by atomic mass is 10.1. The Balaban J connectivity index is 1.50. The minimum Gasteiger partial charge on any atom is -0.494 e. The molecule has 3 aromatic carbocycles. The van der Waals surface area contributed by atoms with E-state index in [1.165, 1.54) is 23.9 Å². The van der Waals surface area contributed by atoms with E-state index in [2.05, 4.69) is 32.9 Å². The summed E-state index contributed by atoms with van der Waals surface area (Å²) in [5.41, 5.74) is 2.30. The summed E-state index contributed by atoms with van der Waals surface area (Å²) in [5, 5.41) is 14.2. The molecule has 38 heavy (non-hydrogen) atoms. The Labute approximate surface area is 237 Å². The van der Waals surface area contributed by atoms with Crippen LogP contribution in [0.25, 0.3) is 6.08 Å². The summed E-state index contributed by atoms with van der Waals surface area (Å²) >= 11 is 3.42. The lowest BCUT2D eigenvalue weighted by Gasteiger charge is -2.15. The fourth-order valence-corrected chi connectivity index (χ4v) is 5.10. The van der Waals surface area contributed by atoms with Crippen LogP contribution in [0.4, 0.5) is 11.4 Å². The minimum atomic E-state index is -0.439. The number of nitrogens with zero attached hydrogens (tertiary/aromatic N) is 2. The fourth-order valence-electron chi connectivity index (χ4n) is 3.48. The van der Waals surface area contributed by atoms with Gasteiger partial charge in [0.05, 0.1) is 32.3 Å². The van der Waals surface area contributed by atoms with E-state index in [0.717, 1.165) is 20.4 Å². The second-order valence-corrected chi connectivity index (χ2v) is 10.1. The lowest BCUT2D eigenvalue weighted by Crippen LogP contribution is -2.19. The highest BCUT2D eigenvalue weighted by Gasteiger charge is 2.24. The lowest BCUT2D eigenvalue weighted by molar-refractivity contribution is -0.384. The molecule has 1 aliphatic rings. The number of nitro benzene ring substituents is 1. The van der Waals surface area contributed by atoms with E-state index in [1.807, 2.05) is 50.2 Å². The number of ether oxygens (including phenoxy) is 3. The van der Waals surface area contributed by atoms with Crippen LogP contribution in [0.2, 0.25) is 0 Å². The maximum absolute atomic E-state index is 12.6. The van der Waals surface area contributed by atoms with E-state index in [1.54, 1.807) is 18.2 Å². The zero-order valence-corrected chi connectivity index (χ0v) is 23.6. The largest absolute Gasteiger partial charge is 0.494 e. The molecule has 9 nitrogen and oxygen atoms in total. The van der Waals surface area contributed by atoms with Gasteiger partial charge in [-0.1, -0.05) is 0 Å². The van der Waals surface area contributed by atoms with E-state index >= 15 is 0 Å². The molecule has 0 radical (unpaired) electrons. The number of thioether (sulfide) groups is 1. The van der Waals surface area contributed by atoms with Crippen molar-refractivity contribution in [3.63, 3.8) is 0 Å². The van der Waals surface area contributed by atoms with Crippen molar-refractivity contribution in [2.24, 2.45) is 4.99 Å². The van der Waals surface area contributed by atoms with Gasteiger partial charge in [-0.2, -0.15) is 0 Å². The zero-order chi connectivity index (χ0) is 27.1. The Morgan fingerprint density at radius 1 is 1.03 bits per heavy atom. The van der Waals surface area contributed by atoms with Crippen LogP contribution in [0.5, 0.6) is 17.2 Å². The molecule has 1 saturated heterocycles. The highest BCUT2D eigenvalue weighted by atomic mass is 127. The number of halogens is 1. The summed E-state index contributed by atoms with van der Waals surface area (Å²) < 4.78 is 18.1. The average molecular weight is 645 g/mol. The van der Waals surface area contributed by atoms with Gasteiger partial charge in [-0.15, -0.1) is 0 Å². The van der Waals surface area contributed by atoms with Crippen molar-refractivity contribution in [3.8, 4) is 17.2 Å². The van der Waals surface area contributed by atoms with Gasteiger partial charge in [-0.25, -0.2) is 4.99 Å². The molecule has 0 bridgehead atoms. The Kier molecular flexibility index (Phi) is 9.24. The molecule has 11 heteroatoms. The molecular weight excluding hydrogens is 621 g/mol. The highest BCUT2D eigenvalue weighted by Crippen LogP contribution is 2.37. The molecular formula is C27H24IN3O6S. The standard InChI is InChI=1S/C27H24IN3O6S/c1-3-35-21-11-7-19(8-12-21)29-27-30-26(32)24(38-27)15-18-13-22(28)25(23(14-18)36-4-2)37-16-17-5-9-20(10-6-17)31(33)34/h5-15H,3-4,16H2,1-2H3,(H,29,30,32)/b24-15+. The number of aliphatic imine (C=N–C) groups is 1. The number of hydrogen-bond acceptors (Lipinski definition) is 8. The van der Waals surface area contributed by atoms with Crippen LogP contribution >= 0.6 is 34.4 Å². The first kappa shape index (κ1) is 27.5. The molecule has 196 valence electrons. The summed E-state index contributed by atoms with van der Waals surface area (Å²) in [7, 11) is 0. The molecule has 1 amide bonds. The number of non-ortho nitro benzene ring substituents is 1. The molecule has 0 aromatic heterocycles. The van der Waals surface area contributed by atoms with Gasteiger partial charge in [-0.3, -0.25) is 14.9 Å². The molecule has 0 spiro atoms. The molecule has 0 unspecified atom stereocenters. The quantitative estimate of drug-likeness (QED) is 0.117. The molecule has 3 aromatic rings. The van der Waals surface area contributed by atoms with Gasteiger partial charge >= 0.3 is 0 Å². The topological polar surface area (TPSA) is 112 Å². The van der Waals surface area contributed by atoms with Gasteiger partial charge in [0.25, 0.3) is 11.6 Å². The predicted molar refractivity (Wildman–Crippen MR) is 156 cm³/mol. The van der Waals surface area contributed by atoms with Crippen molar-refractivity contribution in [1.29, 1.82) is 0 Å². The van der Waals surface area contributed by atoms with Crippen LogP contribution in [-0.2, 0) is 11.4 Å². The summed E-state index contributed by atoms with van der Waals surface area (Å²) in [6, 6.07) is 17.3. The van der Waals surface area contributed by atoms with E-state index < -0.39 is 4.92 Å². The summed E-state index contributed by atoms with van der Waals surface area (Å²) in [5.74, 6) is 1.64. The van der Waals surface area contributed by atoms with E-state index in [0.29, 0.717) is 40.5 Å². The number of nitro groups is 1. The van der Waals surface area contributed by atoms with Crippen molar-refractivity contribution in [2.45, 2.75) is 20.5 Å². The number of benzene rings is 3. The third-order valence-corrected chi connectivity index (χ3v) is 6.90. The van der Waals surface area contributed by atoms with Crippen molar-refractivity contribution in [2.75, 3.05) is 13.2 Å². The third kappa shape index (κ3) is 7.04. The number of hydrogen-bond donors (Lipinski definition) is 1. The van der Waals surface area contributed by atoms with Crippen molar-refractivity contribution in [1.82, 2.24) is 5.32 Å². The molecule has 0 aliphatic carbocycles. The van der Waals surface area contributed by atoms with Crippen LogP contribution in [-0.4, -0.2) is 29.2 Å². The number of amidine groups is 1. The third-order valence-electron chi connectivity index (χ3n) is 5.19. The summed E-state index contributed by atoms with van der Waals surface area (Å²) in [6.07, 6.45) is 1.78. The first-order chi connectivity index (χ1) is 18.4. The second kappa shape index (κ2) is 12.8. The molecule has 1 fully saturated rings. The monoisotopic (exact) mass is 645 g/mol. The molecule has 0 atom stereocenters. The Hall–Kier alpha value is -3.58. The SMILES string of the molecule is CCOc1ccc(N=C2NC(=O)/C(=C\c3cc(I)c(OCc4ccc([N+](=O)[O-])cc4)c(OCC)c3)S2)cc1. The van der Waals surface area contributed by atoms with Crippen LogP contribution < -0.4 is 19.5 Å². The first-order valence-corrected chi connectivity index (χ1v) is 13.6. The van der Waals surface area contributed by atoms with Gasteiger partial charge < -0.3 is 19.5 Å². The second-order valence-electron chi connectivity index (χ2n) is 7.88. The van der Waals surface area contributed by atoms with Crippen molar-refractivity contribution < 1.29 is 23.9 Å². The van der Waals surface area contributed by atoms with Crippen LogP contribution in [0.15, 0.2) is 70.6 Å². The molecule has 1 N–H and O–H groups in total. The molecule has 0 saturated carbocycles. The minimum absolute atomic E-state index is 0.0252. The molecule has 4 rings (SSSR count).